The van der Waals surface area contributed by atoms with Crippen LogP contribution in [0.25, 0.3) is 0 Å². The van der Waals surface area contributed by atoms with Crippen molar-refractivity contribution in [3.8, 4) is 0 Å². The lowest BCUT2D eigenvalue weighted by Crippen LogP contribution is -2.25. The van der Waals surface area contributed by atoms with Crippen molar-refractivity contribution in [3.05, 3.63) is 59.4 Å². The predicted molar refractivity (Wildman–Crippen MR) is 103 cm³/mol. The van der Waals surface area contributed by atoms with Gasteiger partial charge in [0.1, 0.15) is 5.82 Å². The van der Waals surface area contributed by atoms with Crippen LogP contribution in [0.1, 0.15) is 30.4 Å². The highest BCUT2D eigenvalue weighted by Gasteiger charge is 2.15. The Kier molecular flexibility index (Phi) is 5.94. The zero-order valence-corrected chi connectivity index (χ0v) is 15.9. The molecule has 1 heterocycles. The van der Waals surface area contributed by atoms with E-state index in [9.17, 15) is 12.8 Å². The fourth-order valence-electron chi connectivity index (χ4n) is 3.22. The SMILES string of the molecule is Cc1cc(S(=O)(=O)NCCCc2ccc(N3CCCC3)cc2)ccc1F. The van der Waals surface area contributed by atoms with Gasteiger partial charge < -0.3 is 4.90 Å². The number of halogens is 1. The molecule has 26 heavy (non-hydrogen) atoms. The van der Waals surface area contributed by atoms with E-state index >= 15 is 0 Å². The minimum absolute atomic E-state index is 0.103. The molecular weight excluding hydrogens is 351 g/mol. The second-order valence-corrected chi connectivity index (χ2v) is 8.54. The Morgan fingerprint density at radius 3 is 2.42 bits per heavy atom. The van der Waals surface area contributed by atoms with Crippen LogP contribution >= 0.6 is 0 Å². The molecule has 0 bridgehead atoms. The summed E-state index contributed by atoms with van der Waals surface area (Å²) in [6.45, 7) is 4.17. The van der Waals surface area contributed by atoms with Gasteiger partial charge in [-0.25, -0.2) is 17.5 Å². The Balaban J connectivity index is 1.49. The molecule has 1 N–H and O–H groups in total. The molecular formula is C20H25FN2O2S. The number of hydrogen-bond donors (Lipinski definition) is 1. The van der Waals surface area contributed by atoms with Crippen molar-refractivity contribution in [2.75, 3.05) is 24.5 Å². The fourth-order valence-corrected chi connectivity index (χ4v) is 4.37. The average Bonchev–Trinajstić information content (AvgIpc) is 3.16. The van der Waals surface area contributed by atoms with Crippen LogP contribution in [0.2, 0.25) is 0 Å². The first-order valence-corrected chi connectivity index (χ1v) is 10.5. The number of anilines is 1. The van der Waals surface area contributed by atoms with Crippen molar-refractivity contribution >= 4 is 15.7 Å². The maximum atomic E-state index is 13.3. The molecule has 3 rings (SSSR count). The number of nitrogens with zero attached hydrogens (tertiary/aromatic N) is 1. The standard InChI is InChI=1S/C20H25FN2O2S/c1-16-15-19(10-11-20(16)21)26(24,25)22-12-4-5-17-6-8-18(9-7-17)23-13-2-3-14-23/h6-11,15,22H,2-5,12-14H2,1H3. The van der Waals surface area contributed by atoms with Gasteiger partial charge in [-0.3, -0.25) is 0 Å². The molecule has 140 valence electrons. The van der Waals surface area contributed by atoms with Crippen LogP contribution in [0.4, 0.5) is 10.1 Å². The van der Waals surface area contributed by atoms with E-state index < -0.39 is 15.8 Å². The Morgan fingerprint density at radius 2 is 1.77 bits per heavy atom. The molecule has 1 saturated heterocycles. The number of hydrogen-bond acceptors (Lipinski definition) is 3. The fraction of sp³-hybridized carbons (Fsp3) is 0.400. The lowest BCUT2D eigenvalue weighted by atomic mass is 10.1. The minimum Gasteiger partial charge on any atom is -0.372 e. The van der Waals surface area contributed by atoms with Crippen molar-refractivity contribution in [1.82, 2.24) is 4.72 Å². The molecule has 0 spiro atoms. The van der Waals surface area contributed by atoms with Crippen LogP contribution in [0.5, 0.6) is 0 Å². The first-order chi connectivity index (χ1) is 12.5. The van der Waals surface area contributed by atoms with Crippen molar-refractivity contribution < 1.29 is 12.8 Å². The third kappa shape index (κ3) is 4.62. The summed E-state index contributed by atoms with van der Waals surface area (Å²) in [7, 11) is -3.60. The quantitative estimate of drug-likeness (QED) is 0.751. The number of rotatable bonds is 7. The van der Waals surface area contributed by atoms with Gasteiger partial charge in [-0.1, -0.05) is 12.1 Å². The van der Waals surface area contributed by atoms with Gasteiger partial charge >= 0.3 is 0 Å². The van der Waals surface area contributed by atoms with Crippen LogP contribution < -0.4 is 9.62 Å². The van der Waals surface area contributed by atoms with E-state index in [-0.39, 0.29) is 4.90 Å². The van der Waals surface area contributed by atoms with Crippen molar-refractivity contribution in [1.29, 1.82) is 0 Å². The molecule has 0 amide bonds. The normalized spacial score (nSPS) is 14.8. The van der Waals surface area contributed by atoms with Gasteiger partial charge in [-0.15, -0.1) is 0 Å². The second-order valence-electron chi connectivity index (χ2n) is 6.77. The molecule has 4 nitrogen and oxygen atoms in total. The summed E-state index contributed by atoms with van der Waals surface area (Å²) in [6.07, 6.45) is 4.04. The van der Waals surface area contributed by atoms with Gasteiger partial charge in [0.15, 0.2) is 0 Å². The second kappa shape index (κ2) is 8.18. The van der Waals surface area contributed by atoms with Crippen molar-refractivity contribution in [2.24, 2.45) is 0 Å². The summed E-state index contributed by atoms with van der Waals surface area (Å²) in [5.74, 6) is -0.402. The molecule has 0 atom stereocenters. The summed E-state index contributed by atoms with van der Waals surface area (Å²) in [5.41, 5.74) is 2.79. The van der Waals surface area contributed by atoms with E-state index in [1.807, 2.05) is 0 Å². The van der Waals surface area contributed by atoms with Crippen LogP contribution in [-0.4, -0.2) is 28.1 Å². The molecule has 2 aromatic rings. The summed E-state index contributed by atoms with van der Waals surface area (Å²) >= 11 is 0. The minimum atomic E-state index is -3.60. The van der Waals surface area contributed by atoms with E-state index in [2.05, 4.69) is 33.9 Å². The van der Waals surface area contributed by atoms with Gasteiger partial charge in [0.25, 0.3) is 0 Å². The zero-order valence-electron chi connectivity index (χ0n) is 15.0. The molecule has 0 radical (unpaired) electrons. The van der Waals surface area contributed by atoms with E-state index in [0.717, 1.165) is 19.5 Å². The molecule has 0 unspecified atom stereocenters. The summed E-state index contributed by atoms with van der Waals surface area (Å²) < 4.78 is 40.4. The van der Waals surface area contributed by atoms with E-state index in [4.69, 9.17) is 0 Å². The van der Waals surface area contributed by atoms with Crippen LogP contribution in [0.3, 0.4) is 0 Å². The molecule has 1 aliphatic rings. The van der Waals surface area contributed by atoms with Crippen LogP contribution in [0.15, 0.2) is 47.4 Å². The van der Waals surface area contributed by atoms with Crippen molar-refractivity contribution in [2.45, 2.75) is 37.5 Å². The topological polar surface area (TPSA) is 49.4 Å². The number of benzene rings is 2. The Morgan fingerprint density at radius 1 is 1.08 bits per heavy atom. The van der Waals surface area contributed by atoms with E-state index in [1.165, 1.54) is 42.3 Å². The molecule has 0 aromatic heterocycles. The molecule has 0 saturated carbocycles. The Labute approximate surface area is 155 Å². The number of aryl methyl sites for hydroxylation is 2. The maximum absolute atomic E-state index is 13.3. The Hall–Kier alpha value is -1.92. The lowest BCUT2D eigenvalue weighted by Gasteiger charge is -2.17. The average molecular weight is 376 g/mol. The van der Waals surface area contributed by atoms with Crippen LogP contribution in [0, 0.1) is 12.7 Å². The third-order valence-electron chi connectivity index (χ3n) is 4.78. The zero-order chi connectivity index (χ0) is 18.6. The monoisotopic (exact) mass is 376 g/mol. The first-order valence-electron chi connectivity index (χ1n) is 9.05. The van der Waals surface area contributed by atoms with Gasteiger partial charge in [-0.05, 0) is 74.1 Å². The smallest absolute Gasteiger partial charge is 0.240 e. The highest BCUT2D eigenvalue weighted by atomic mass is 32.2. The predicted octanol–water partition coefficient (Wildman–Crippen LogP) is 3.65. The molecule has 0 aliphatic carbocycles. The van der Waals surface area contributed by atoms with Gasteiger partial charge in [-0.2, -0.15) is 0 Å². The Bertz CT molecular complexity index is 845. The summed E-state index contributed by atoms with van der Waals surface area (Å²) in [6, 6.07) is 12.4. The summed E-state index contributed by atoms with van der Waals surface area (Å²) in [5, 5.41) is 0. The van der Waals surface area contributed by atoms with Crippen LogP contribution in [-0.2, 0) is 16.4 Å². The van der Waals surface area contributed by atoms with Gasteiger partial charge in [0, 0.05) is 25.3 Å². The molecule has 2 aromatic carbocycles. The molecule has 1 fully saturated rings. The number of nitrogens with one attached hydrogen (secondary N) is 1. The largest absolute Gasteiger partial charge is 0.372 e. The summed E-state index contributed by atoms with van der Waals surface area (Å²) in [4.78, 5) is 2.49. The van der Waals surface area contributed by atoms with Gasteiger partial charge in [0.2, 0.25) is 10.0 Å². The van der Waals surface area contributed by atoms with Crippen molar-refractivity contribution in [3.63, 3.8) is 0 Å². The molecule has 6 heteroatoms. The van der Waals surface area contributed by atoms with E-state index in [0.29, 0.717) is 18.5 Å². The highest BCUT2D eigenvalue weighted by molar-refractivity contribution is 7.89. The third-order valence-corrected chi connectivity index (χ3v) is 6.24. The molecule has 1 aliphatic heterocycles. The maximum Gasteiger partial charge on any atom is 0.240 e. The van der Waals surface area contributed by atoms with Gasteiger partial charge in [0.05, 0.1) is 4.90 Å². The highest BCUT2D eigenvalue weighted by Crippen LogP contribution is 2.21. The van der Waals surface area contributed by atoms with E-state index in [1.54, 1.807) is 6.92 Å². The first kappa shape index (κ1) is 18.9. The number of sulfonamides is 1. The lowest BCUT2D eigenvalue weighted by molar-refractivity contribution is 0.577.